The van der Waals surface area contributed by atoms with Gasteiger partial charge in [-0.15, -0.1) is 0 Å². The van der Waals surface area contributed by atoms with Crippen LogP contribution in [0, 0.1) is 0 Å². The van der Waals surface area contributed by atoms with Gasteiger partial charge in [0.15, 0.2) is 5.71 Å². The monoisotopic (exact) mass is 314 g/mol. The number of hydrogen-bond donors (Lipinski definition) is 4. The summed E-state index contributed by atoms with van der Waals surface area (Å²) in [6.07, 6.45) is 1.94. The van der Waals surface area contributed by atoms with Gasteiger partial charge in [-0.2, -0.15) is 0 Å². The highest BCUT2D eigenvalue weighted by Gasteiger charge is 2.20. The second kappa shape index (κ2) is 6.48. The first kappa shape index (κ1) is 16.8. The maximum atomic E-state index is 11.1. The molecule has 0 aliphatic carbocycles. The summed E-state index contributed by atoms with van der Waals surface area (Å²) in [5.41, 5.74) is 3.56. The van der Waals surface area contributed by atoms with E-state index in [1.165, 1.54) is 0 Å². The number of rotatable bonds is 1. The van der Waals surface area contributed by atoms with Crippen LogP contribution in [0.3, 0.4) is 0 Å². The third kappa shape index (κ3) is 5.73. The minimum absolute atomic E-state index is 0.271. The molecule has 0 aromatic heterocycles. The van der Waals surface area contributed by atoms with Crippen molar-refractivity contribution in [3.8, 4) is 0 Å². The molecule has 1 aliphatic heterocycles. The predicted octanol–water partition coefficient (Wildman–Crippen LogP) is -0.108. The Kier molecular flexibility index (Phi) is 5.19. The van der Waals surface area contributed by atoms with Crippen LogP contribution in [-0.4, -0.2) is 34.3 Å². The lowest BCUT2D eigenvalue weighted by Gasteiger charge is -2.05. The second-order valence-corrected chi connectivity index (χ2v) is 5.08. The smallest absolute Gasteiger partial charge is 0.342 e. The number of benzene rings is 1. The fraction of sp³-hybridized carbons (Fsp3) is 0.167. The number of carbonyl (C=O) groups is 1. The molecular formula is C12H14N2O6S. The largest absolute Gasteiger partial charge is 0.726 e. The zero-order valence-electron chi connectivity index (χ0n) is 11.2. The Labute approximate surface area is 121 Å². The van der Waals surface area contributed by atoms with Gasteiger partial charge in [-0.25, -0.2) is 18.2 Å². The standard InChI is InChI=1S/C12H12N2O2.H2O4S/c1-7-6-8(2)14-11-9(12(15)16)4-3-5-10(11)13-7;1-5(2,3)4/h3-6,13H,1-2H3,(H,15,16);(H2,1,2,3,4). The van der Waals surface area contributed by atoms with Crippen LogP contribution in [0.4, 0.5) is 11.4 Å². The molecule has 0 amide bonds. The molecule has 1 heterocycles. The van der Waals surface area contributed by atoms with Crippen molar-refractivity contribution in [2.24, 2.45) is 0 Å². The van der Waals surface area contributed by atoms with Crippen molar-refractivity contribution >= 4 is 33.5 Å². The van der Waals surface area contributed by atoms with E-state index in [1.807, 2.05) is 26.0 Å². The molecule has 0 spiro atoms. The van der Waals surface area contributed by atoms with E-state index in [1.54, 1.807) is 12.1 Å². The summed E-state index contributed by atoms with van der Waals surface area (Å²) in [5, 5.41) is 12.3. The average molecular weight is 314 g/mol. The summed E-state index contributed by atoms with van der Waals surface area (Å²) >= 11 is 0. The van der Waals surface area contributed by atoms with Crippen LogP contribution in [0.25, 0.3) is 0 Å². The highest BCUT2D eigenvalue weighted by Crippen LogP contribution is 2.23. The molecule has 8 nitrogen and oxygen atoms in total. The predicted molar refractivity (Wildman–Crippen MR) is 74.4 cm³/mol. The van der Waals surface area contributed by atoms with Crippen LogP contribution >= 0.6 is 0 Å². The van der Waals surface area contributed by atoms with Gasteiger partial charge in [-0.1, -0.05) is 6.07 Å². The number of hydrogen-bond acceptors (Lipinski definition) is 5. The molecule has 0 unspecified atom stereocenters. The van der Waals surface area contributed by atoms with Crippen LogP contribution < -0.4 is 10.3 Å². The molecular weight excluding hydrogens is 300 g/mol. The van der Waals surface area contributed by atoms with Crippen molar-refractivity contribution < 1.29 is 32.4 Å². The third-order valence-corrected chi connectivity index (χ3v) is 2.38. The summed E-state index contributed by atoms with van der Waals surface area (Å²) in [6.45, 7) is 3.84. The summed E-state index contributed by atoms with van der Waals surface area (Å²) in [5.74, 6) is -0.932. The van der Waals surface area contributed by atoms with Gasteiger partial charge >= 0.3 is 5.97 Å². The molecule has 114 valence electrons. The first-order valence-corrected chi connectivity index (χ1v) is 7.05. The molecule has 0 saturated carbocycles. The molecule has 0 fully saturated rings. The van der Waals surface area contributed by atoms with Gasteiger partial charge in [0, 0.05) is 18.7 Å². The maximum Gasteiger partial charge on any atom is 0.342 e. The second-order valence-electron chi connectivity index (χ2n) is 4.22. The van der Waals surface area contributed by atoms with Crippen LogP contribution in [0.2, 0.25) is 0 Å². The molecule has 21 heavy (non-hydrogen) atoms. The van der Waals surface area contributed by atoms with E-state index in [0.29, 0.717) is 5.69 Å². The maximum absolute atomic E-state index is 11.1. The van der Waals surface area contributed by atoms with Gasteiger partial charge in [-0.05, 0) is 19.1 Å². The Morgan fingerprint density at radius 1 is 1.33 bits per heavy atom. The van der Waals surface area contributed by atoms with Gasteiger partial charge < -0.3 is 15.0 Å². The number of para-hydroxylation sites is 1. The Morgan fingerprint density at radius 3 is 2.43 bits per heavy atom. The molecule has 0 atom stereocenters. The lowest BCUT2D eigenvalue weighted by atomic mass is 10.1. The molecule has 0 radical (unpaired) electrons. The first-order chi connectivity index (χ1) is 9.58. The molecule has 1 aromatic carbocycles. The normalized spacial score (nSPS) is 13.5. The van der Waals surface area contributed by atoms with Crippen LogP contribution in [0.1, 0.15) is 24.2 Å². The van der Waals surface area contributed by atoms with Crippen molar-refractivity contribution in [2.75, 3.05) is 5.32 Å². The fourth-order valence-corrected chi connectivity index (χ4v) is 1.78. The van der Waals surface area contributed by atoms with Crippen LogP contribution in [-0.2, 0) is 10.4 Å². The van der Waals surface area contributed by atoms with Gasteiger partial charge in [-0.3, -0.25) is 4.55 Å². The van der Waals surface area contributed by atoms with Crippen molar-refractivity contribution in [1.29, 1.82) is 0 Å². The quantitative estimate of drug-likeness (QED) is 0.418. The number of nitrogens with one attached hydrogen (secondary N) is 2. The molecule has 1 aliphatic rings. The summed E-state index contributed by atoms with van der Waals surface area (Å²) < 4.78 is 32.8. The van der Waals surface area contributed by atoms with E-state index in [9.17, 15) is 4.79 Å². The van der Waals surface area contributed by atoms with E-state index in [0.717, 1.165) is 17.1 Å². The molecule has 1 aromatic rings. The highest BCUT2D eigenvalue weighted by molar-refractivity contribution is 7.79. The van der Waals surface area contributed by atoms with E-state index in [4.69, 9.17) is 22.6 Å². The topological polar surface area (TPSA) is 141 Å². The van der Waals surface area contributed by atoms with E-state index in [2.05, 4.69) is 10.3 Å². The highest BCUT2D eigenvalue weighted by atomic mass is 32.3. The SMILES string of the molecule is CC1=CC(C)=[NH+]c2c(cccc2C(=O)O)N1.O=S(=O)([O-])O. The van der Waals surface area contributed by atoms with Gasteiger partial charge in [0.05, 0.1) is 0 Å². The zero-order valence-corrected chi connectivity index (χ0v) is 12.1. The molecule has 4 N–H and O–H groups in total. The Balaban J connectivity index is 0.000000383. The minimum Gasteiger partial charge on any atom is -0.726 e. The lowest BCUT2D eigenvalue weighted by molar-refractivity contribution is -0.352. The Morgan fingerprint density at radius 2 is 1.90 bits per heavy atom. The molecule has 0 saturated heterocycles. The zero-order chi connectivity index (χ0) is 16.2. The van der Waals surface area contributed by atoms with E-state index < -0.39 is 16.4 Å². The molecule has 0 bridgehead atoms. The number of fused-ring (bicyclic) bond motifs is 1. The van der Waals surface area contributed by atoms with Crippen molar-refractivity contribution in [2.45, 2.75) is 13.8 Å². The number of anilines is 1. The van der Waals surface area contributed by atoms with E-state index >= 15 is 0 Å². The van der Waals surface area contributed by atoms with Crippen molar-refractivity contribution in [3.63, 3.8) is 0 Å². The van der Waals surface area contributed by atoms with Crippen LogP contribution in [0.15, 0.2) is 30.0 Å². The van der Waals surface area contributed by atoms with Crippen molar-refractivity contribution in [1.82, 2.24) is 0 Å². The minimum atomic E-state index is -4.92. The lowest BCUT2D eigenvalue weighted by Crippen LogP contribution is -2.65. The third-order valence-electron chi connectivity index (χ3n) is 2.38. The van der Waals surface area contributed by atoms with Crippen LogP contribution in [0.5, 0.6) is 0 Å². The summed E-state index contributed by atoms with van der Waals surface area (Å²) in [7, 11) is -4.92. The summed E-state index contributed by atoms with van der Waals surface area (Å²) in [6, 6.07) is 5.17. The average Bonchev–Trinajstić information content (AvgIpc) is 2.42. The Hall–Kier alpha value is -2.23. The first-order valence-electron chi connectivity index (χ1n) is 5.68. The van der Waals surface area contributed by atoms with Crippen molar-refractivity contribution in [3.05, 3.63) is 35.5 Å². The Bertz CT molecular complexity index is 713. The number of aromatic carboxylic acids is 1. The van der Waals surface area contributed by atoms with Gasteiger partial charge in [0.2, 0.25) is 16.1 Å². The van der Waals surface area contributed by atoms with Gasteiger partial charge in [0.25, 0.3) is 0 Å². The number of carboxylic acids is 1. The number of carboxylic acid groups (broad SMARTS) is 1. The molecule has 2 rings (SSSR count). The van der Waals surface area contributed by atoms with E-state index in [-0.39, 0.29) is 5.56 Å². The number of allylic oxidation sites excluding steroid dienone is 2. The van der Waals surface area contributed by atoms with Gasteiger partial charge in [0.1, 0.15) is 11.3 Å². The summed E-state index contributed by atoms with van der Waals surface area (Å²) in [4.78, 5) is 14.2. The fourth-order valence-electron chi connectivity index (χ4n) is 1.78. The molecule has 9 heteroatoms.